The van der Waals surface area contributed by atoms with Gasteiger partial charge in [-0.2, -0.15) is 0 Å². The number of nitrogens with one attached hydrogen (secondary N) is 4. The molecule has 0 bridgehead atoms. The van der Waals surface area contributed by atoms with E-state index in [0.717, 1.165) is 6.42 Å². The highest BCUT2D eigenvalue weighted by atomic mass is 16.2. The highest BCUT2D eigenvalue weighted by Gasteiger charge is 2.25. The molecule has 1 aliphatic heterocycles. The van der Waals surface area contributed by atoms with Crippen molar-refractivity contribution in [2.75, 3.05) is 19.6 Å². The molecule has 1 heterocycles. The van der Waals surface area contributed by atoms with E-state index < -0.39 is 12.1 Å². The first-order valence-electron chi connectivity index (χ1n) is 6.12. The number of carbonyl (C=O) groups is 3. The summed E-state index contributed by atoms with van der Waals surface area (Å²) in [6.45, 7) is 4.54. The van der Waals surface area contributed by atoms with Gasteiger partial charge in [-0.25, -0.2) is 0 Å². The molecule has 0 radical (unpaired) electrons. The third kappa shape index (κ3) is 4.33. The molecule has 3 amide bonds. The molecule has 0 aromatic rings. The Morgan fingerprint density at radius 1 is 1.50 bits per heavy atom. The average Bonchev–Trinajstić information content (AvgIpc) is 2.36. The normalized spacial score (nSPS) is 20.8. The summed E-state index contributed by atoms with van der Waals surface area (Å²) < 4.78 is 0. The Morgan fingerprint density at radius 2 is 2.22 bits per heavy atom. The van der Waals surface area contributed by atoms with Gasteiger partial charge in [0.2, 0.25) is 17.7 Å². The van der Waals surface area contributed by atoms with E-state index in [-0.39, 0.29) is 30.8 Å². The van der Waals surface area contributed by atoms with Crippen LogP contribution in [-0.4, -0.2) is 49.4 Å². The van der Waals surface area contributed by atoms with Crippen molar-refractivity contribution in [1.29, 1.82) is 0 Å². The monoisotopic (exact) mass is 256 g/mol. The fraction of sp³-hybridized carbons (Fsp3) is 0.727. The van der Waals surface area contributed by atoms with Gasteiger partial charge < -0.3 is 16.0 Å². The van der Waals surface area contributed by atoms with Crippen molar-refractivity contribution < 1.29 is 14.4 Å². The molecular weight excluding hydrogens is 236 g/mol. The zero-order valence-electron chi connectivity index (χ0n) is 10.7. The molecule has 0 aromatic carbocycles. The van der Waals surface area contributed by atoms with Gasteiger partial charge in [0, 0.05) is 13.1 Å². The van der Waals surface area contributed by atoms with Gasteiger partial charge in [0.1, 0.15) is 12.1 Å². The second-order valence-electron chi connectivity index (χ2n) is 4.26. The molecule has 18 heavy (non-hydrogen) atoms. The Bertz CT molecular complexity index is 322. The fourth-order valence-electron chi connectivity index (χ4n) is 1.53. The molecule has 102 valence electrons. The van der Waals surface area contributed by atoms with Crippen molar-refractivity contribution in [3.63, 3.8) is 0 Å². The van der Waals surface area contributed by atoms with E-state index in [2.05, 4.69) is 21.3 Å². The lowest BCUT2D eigenvalue weighted by Gasteiger charge is -2.24. The molecule has 1 saturated heterocycles. The summed E-state index contributed by atoms with van der Waals surface area (Å²) in [6, 6.07) is -1.06. The summed E-state index contributed by atoms with van der Waals surface area (Å²) in [4.78, 5) is 34.3. The number of rotatable bonds is 5. The summed E-state index contributed by atoms with van der Waals surface area (Å²) in [5.41, 5.74) is 0. The highest BCUT2D eigenvalue weighted by molar-refractivity contribution is 5.91. The first-order valence-corrected chi connectivity index (χ1v) is 6.12. The van der Waals surface area contributed by atoms with E-state index in [1.54, 1.807) is 6.92 Å². The molecule has 0 saturated carbocycles. The maximum absolute atomic E-state index is 11.8. The van der Waals surface area contributed by atoms with E-state index in [1.807, 2.05) is 6.92 Å². The van der Waals surface area contributed by atoms with E-state index >= 15 is 0 Å². The summed E-state index contributed by atoms with van der Waals surface area (Å²) >= 11 is 0. The molecule has 1 fully saturated rings. The van der Waals surface area contributed by atoms with Gasteiger partial charge in [0.25, 0.3) is 0 Å². The molecule has 1 aliphatic rings. The lowest BCUT2D eigenvalue weighted by atomic mass is 10.2. The highest BCUT2D eigenvalue weighted by Crippen LogP contribution is 1.91. The van der Waals surface area contributed by atoms with Gasteiger partial charge in [-0.15, -0.1) is 0 Å². The van der Waals surface area contributed by atoms with Gasteiger partial charge in [0.15, 0.2) is 0 Å². The summed E-state index contributed by atoms with van der Waals surface area (Å²) in [7, 11) is 0. The summed E-state index contributed by atoms with van der Waals surface area (Å²) in [5.74, 6) is -0.619. The fourth-order valence-corrected chi connectivity index (χ4v) is 1.53. The van der Waals surface area contributed by atoms with Crippen LogP contribution in [0.1, 0.15) is 20.3 Å². The van der Waals surface area contributed by atoms with Gasteiger partial charge in [-0.3, -0.25) is 19.7 Å². The lowest BCUT2D eigenvalue weighted by Crippen LogP contribution is -2.60. The van der Waals surface area contributed by atoms with E-state index in [4.69, 9.17) is 0 Å². The molecule has 0 aromatic heterocycles. The van der Waals surface area contributed by atoms with Crippen molar-refractivity contribution in [2.24, 2.45) is 0 Å². The molecular formula is C11H20N4O3. The topological polar surface area (TPSA) is 99.3 Å². The molecule has 7 nitrogen and oxygen atoms in total. The van der Waals surface area contributed by atoms with E-state index in [0.29, 0.717) is 6.54 Å². The number of hydrogen-bond acceptors (Lipinski definition) is 4. The lowest BCUT2D eigenvalue weighted by molar-refractivity contribution is -0.131. The van der Waals surface area contributed by atoms with E-state index in [1.165, 1.54) is 0 Å². The maximum atomic E-state index is 11.8. The van der Waals surface area contributed by atoms with Crippen molar-refractivity contribution in [1.82, 2.24) is 21.3 Å². The van der Waals surface area contributed by atoms with Crippen molar-refractivity contribution >= 4 is 17.7 Å². The van der Waals surface area contributed by atoms with Crippen LogP contribution in [-0.2, 0) is 14.4 Å². The third-order valence-electron chi connectivity index (χ3n) is 2.63. The molecule has 2 atom stereocenters. The summed E-state index contributed by atoms with van der Waals surface area (Å²) in [6.07, 6.45) is 0.850. The Kier molecular flexibility index (Phi) is 5.57. The Morgan fingerprint density at radius 3 is 2.78 bits per heavy atom. The average molecular weight is 256 g/mol. The van der Waals surface area contributed by atoms with Crippen LogP contribution >= 0.6 is 0 Å². The van der Waals surface area contributed by atoms with Crippen LogP contribution in [0.15, 0.2) is 0 Å². The minimum absolute atomic E-state index is 0.120. The predicted octanol–water partition coefficient (Wildman–Crippen LogP) is -1.89. The van der Waals surface area contributed by atoms with Crippen LogP contribution in [0.2, 0.25) is 0 Å². The molecule has 0 aliphatic carbocycles. The molecule has 1 rings (SSSR count). The smallest absolute Gasteiger partial charge is 0.242 e. The minimum Gasteiger partial charge on any atom is -0.354 e. The molecule has 0 spiro atoms. The van der Waals surface area contributed by atoms with Crippen molar-refractivity contribution in [3.05, 3.63) is 0 Å². The third-order valence-corrected chi connectivity index (χ3v) is 2.63. The zero-order chi connectivity index (χ0) is 13.5. The largest absolute Gasteiger partial charge is 0.354 e. The van der Waals surface area contributed by atoms with Gasteiger partial charge in [-0.1, -0.05) is 6.92 Å². The van der Waals surface area contributed by atoms with Crippen LogP contribution in [0.25, 0.3) is 0 Å². The van der Waals surface area contributed by atoms with Crippen LogP contribution in [0.3, 0.4) is 0 Å². The quantitative estimate of drug-likeness (QED) is 0.462. The maximum Gasteiger partial charge on any atom is 0.242 e. The van der Waals surface area contributed by atoms with Gasteiger partial charge >= 0.3 is 0 Å². The van der Waals surface area contributed by atoms with Crippen LogP contribution in [0.5, 0.6) is 0 Å². The molecule has 4 N–H and O–H groups in total. The van der Waals surface area contributed by atoms with Gasteiger partial charge in [0.05, 0.1) is 6.54 Å². The van der Waals surface area contributed by atoms with E-state index in [9.17, 15) is 14.4 Å². The SMILES string of the molecule is CCCNC(=O)C(C)NC(=O)C1CNC(=O)CN1. The second-order valence-corrected chi connectivity index (χ2v) is 4.26. The number of carbonyl (C=O) groups excluding carboxylic acids is 3. The standard InChI is InChI=1S/C11H20N4O3/c1-3-4-12-10(17)7(2)15-11(18)8-5-14-9(16)6-13-8/h7-8,13H,3-6H2,1-2H3,(H,12,17)(H,14,16)(H,15,18). The Labute approximate surface area is 106 Å². The minimum atomic E-state index is -0.580. The number of amides is 3. The van der Waals surface area contributed by atoms with Crippen molar-refractivity contribution in [2.45, 2.75) is 32.4 Å². The Balaban J connectivity index is 2.34. The van der Waals surface area contributed by atoms with Crippen LogP contribution in [0.4, 0.5) is 0 Å². The molecule has 7 heteroatoms. The first-order chi connectivity index (χ1) is 8.54. The molecule has 2 unspecified atom stereocenters. The van der Waals surface area contributed by atoms with Crippen molar-refractivity contribution in [3.8, 4) is 0 Å². The predicted molar refractivity (Wildman–Crippen MR) is 65.7 cm³/mol. The zero-order valence-corrected chi connectivity index (χ0v) is 10.7. The Hall–Kier alpha value is -1.63. The number of piperazine rings is 1. The summed E-state index contributed by atoms with van der Waals surface area (Å²) in [5, 5.41) is 10.7. The number of hydrogen-bond donors (Lipinski definition) is 4. The second kappa shape index (κ2) is 6.95. The van der Waals surface area contributed by atoms with Crippen LogP contribution < -0.4 is 21.3 Å². The van der Waals surface area contributed by atoms with Gasteiger partial charge in [-0.05, 0) is 13.3 Å². The van der Waals surface area contributed by atoms with Crippen LogP contribution in [0, 0.1) is 0 Å². The first kappa shape index (κ1) is 14.4.